The standard InChI is InChI=1S/C17H15N3O2/c1-2-20(12-8-4-3-5-9-12)16(21)15-13-10-6-7-11-14(13)18-17(22)19-15/h3-11H,2H2,1H3,(H,18,19,22). The molecule has 1 heterocycles. The number of nitrogens with zero attached hydrogens (tertiary/aromatic N) is 2. The molecule has 0 atom stereocenters. The fourth-order valence-corrected chi connectivity index (χ4v) is 2.45. The molecule has 0 saturated carbocycles. The monoisotopic (exact) mass is 293 g/mol. The number of nitrogens with one attached hydrogen (secondary N) is 1. The molecule has 0 aliphatic rings. The summed E-state index contributed by atoms with van der Waals surface area (Å²) in [5.41, 5.74) is 1.03. The first-order valence-corrected chi connectivity index (χ1v) is 7.06. The van der Waals surface area contributed by atoms with Crippen molar-refractivity contribution in [2.45, 2.75) is 6.92 Å². The number of carbonyl (C=O) groups is 1. The number of hydrogen-bond acceptors (Lipinski definition) is 3. The van der Waals surface area contributed by atoms with Crippen LogP contribution >= 0.6 is 0 Å². The van der Waals surface area contributed by atoms with Crippen LogP contribution in [0.2, 0.25) is 0 Å². The minimum atomic E-state index is -0.522. The first-order chi connectivity index (χ1) is 10.7. The quantitative estimate of drug-likeness (QED) is 0.807. The number of hydrogen-bond donors (Lipinski definition) is 1. The van der Waals surface area contributed by atoms with E-state index in [1.807, 2.05) is 43.3 Å². The van der Waals surface area contributed by atoms with E-state index in [0.717, 1.165) is 5.69 Å². The number of rotatable bonds is 3. The number of benzene rings is 2. The van der Waals surface area contributed by atoms with Crippen LogP contribution < -0.4 is 10.6 Å². The zero-order valence-electron chi connectivity index (χ0n) is 12.1. The predicted octanol–water partition coefficient (Wildman–Crippen LogP) is 2.59. The largest absolute Gasteiger partial charge is 0.346 e. The number of amides is 1. The van der Waals surface area contributed by atoms with Crippen molar-refractivity contribution in [1.29, 1.82) is 0 Å². The summed E-state index contributed by atoms with van der Waals surface area (Å²) in [6, 6.07) is 16.5. The fraction of sp³-hybridized carbons (Fsp3) is 0.118. The zero-order chi connectivity index (χ0) is 15.5. The van der Waals surface area contributed by atoms with Crippen molar-refractivity contribution in [2.75, 3.05) is 11.4 Å². The number of carbonyl (C=O) groups excluding carboxylic acids is 1. The molecule has 0 spiro atoms. The third kappa shape index (κ3) is 2.48. The van der Waals surface area contributed by atoms with Crippen molar-refractivity contribution in [2.24, 2.45) is 0 Å². The molecule has 22 heavy (non-hydrogen) atoms. The maximum Gasteiger partial charge on any atom is 0.346 e. The van der Waals surface area contributed by atoms with E-state index >= 15 is 0 Å². The summed E-state index contributed by atoms with van der Waals surface area (Å²) < 4.78 is 0. The fourth-order valence-electron chi connectivity index (χ4n) is 2.45. The molecule has 0 unspecified atom stereocenters. The third-order valence-electron chi connectivity index (χ3n) is 3.47. The van der Waals surface area contributed by atoms with E-state index in [1.54, 1.807) is 23.1 Å². The van der Waals surface area contributed by atoms with Gasteiger partial charge in [-0.25, -0.2) is 4.79 Å². The molecule has 110 valence electrons. The molecule has 3 aromatic rings. The zero-order valence-corrected chi connectivity index (χ0v) is 12.1. The Hall–Kier alpha value is -2.95. The Morgan fingerprint density at radius 1 is 1.09 bits per heavy atom. The molecule has 1 amide bonds. The number of para-hydroxylation sites is 2. The van der Waals surface area contributed by atoms with Crippen LogP contribution in [0.4, 0.5) is 5.69 Å². The molecule has 5 heteroatoms. The van der Waals surface area contributed by atoms with Gasteiger partial charge in [0.2, 0.25) is 0 Å². The minimum absolute atomic E-state index is 0.171. The number of anilines is 1. The van der Waals surface area contributed by atoms with Crippen LogP contribution in [0.15, 0.2) is 59.4 Å². The van der Waals surface area contributed by atoms with Crippen LogP contribution in [0.1, 0.15) is 17.4 Å². The summed E-state index contributed by atoms with van der Waals surface area (Å²) in [6.45, 7) is 2.38. The van der Waals surface area contributed by atoms with Crippen LogP contribution in [-0.2, 0) is 0 Å². The van der Waals surface area contributed by atoms with Crippen LogP contribution in [0.3, 0.4) is 0 Å². The molecule has 0 radical (unpaired) electrons. The lowest BCUT2D eigenvalue weighted by Gasteiger charge is -2.21. The van der Waals surface area contributed by atoms with Crippen LogP contribution in [0.5, 0.6) is 0 Å². The maximum atomic E-state index is 12.9. The van der Waals surface area contributed by atoms with E-state index < -0.39 is 5.69 Å². The van der Waals surface area contributed by atoms with Gasteiger partial charge in [-0.2, -0.15) is 4.98 Å². The van der Waals surface area contributed by atoms with Crippen molar-refractivity contribution in [3.63, 3.8) is 0 Å². The molecule has 3 rings (SSSR count). The second kappa shape index (κ2) is 5.81. The van der Waals surface area contributed by atoms with Gasteiger partial charge in [-0.1, -0.05) is 36.4 Å². The first kappa shape index (κ1) is 14.0. The van der Waals surface area contributed by atoms with Gasteiger partial charge in [0, 0.05) is 17.6 Å². The lowest BCUT2D eigenvalue weighted by molar-refractivity contribution is 0.0985. The van der Waals surface area contributed by atoms with Crippen molar-refractivity contribution in [1.82, 2.24) is 9.97 Å². The van der Waals surface area contributed by atoms with Gasteiger partial charge in [0.25, 0.3) is 5.91 Å². The van der Waals surface area contributed by atoms with Gasteiger partial charge in [-0.15, -0.1) is 0 Å². The molecule has 5 nitrogen and oxygen atoms in total. The van der Waals surface area contributed by atoms with Crippen molar-refractivity contribution < 1.29 is 4.79 Å². The highest BCUT2D eigenvalue weighted by Crippen LogP contribution is 2.19. The van der Waals surface area contributed by atoms with E-state index in [0.29, 0.717) is 17.4 Å². The SMILES string of the molecule is CCN(C(=O)c1nc(=O)[nH]c2ccccc12)c1ccccc1. The topological polar surface area (TPSA) is 66.1 Å². The van der Waals surface area contributed by atoms with Gasteiger partial charge < -0.3 is 9.88 Å². The molecule has 0 bridgehead atoms. The average Bonchev–Trinajstić information content (AvgIpc) is 2.55. The number of aromatic amines is 1. The van der Waals surface area contributed by atoms with Gasteiger partial charge in [0.05, 0.1) is 5.52 Å². The average molecular weight is 293 g/mol. The van der Waals surface area contributed by atoms with Gasteiger partial charge in [-0.05, 0) is 25.1 Å². The number of fused-ring (bicyclic) bond motifs is 1. The molecule has 0 aliphatic heterocycles. The van der Waals surface area contributed by atoms with E-state index in [9.17, 15) is 9.59 Å². The van der Waals surface area contributed by atoms with Gasteiger partial charge in [-0.3, -0.25) is 4.79 Å². The van der Waals surface area contributed by atoms with E-state index in [4.69, 9.17) is 0 Å². The highest BCUT2D eigenvalue weighted by molar-refractivity contribution is 6.11. The second-order valence-electron chi connectivity index (χ2n) is 4.82. The Kier molecular flexibility index (Phi) is 3.70. The Morgan fingerprint density at radius 2 is 1.77 bits per heavy atom. The van der Waals surface area contributed by atoms with Gasteiger partial charge in [0.1, 0.15) is 5.69 Å². The van der Waals surface area contributed by atoms with Crippen LogP contribution in [-0.4, -0.2) is 22.4 Å². The summed E-state index contributed by atoms with van der Waals surface area (Å²) in [5.74, 6) is -0.281. The lowest BCUT2D eigenvalue weighted by atomic mass is 10.1. The molecular formula is C17H15N3O2. The summed E-state index contributed by atoms with van der Waals surface area (Å²) in [7, 11) is 0. The molecule has 2 aromatic carbocycles. The van der Waals surface area contributed by atoms with Crippen molar-refractivity contribution in [3.05, 3.63) is 70.8 Å². The lowest BCUT2D eigenvalue weighted by Crippen LogP contribution is -2.33. The van der Waals surface area contributed by atoms with E-state index in [1.165, 1.54) is 0 Å². The molecule has 0 fully saturated rings. The molecular weight excluding hydrogens is 278 g/mol. The number of aromatic nitrogens is 2. The summed E-state index contributed by atoms with van der Waals surface area (Å²) in [5, 5.41) is 0.640. The highest BCUT2D eigenvalue weighted by Gasteiger charge is 2.20. The Labute approximate surface area is 127 Å². The molecule has 1 N–H and O–H groups in total. The minimum Gasteiger partial charge on any atom is -0.307 e. The normalized spacial score (nSPS) is 10.6. The predicted molar refractivity (Wildman–Crippen MR) is 86.2 cm³/mol. The summed E-state index contributed by atoms with van der Waals surface area (Å²) in [6.07, 6.45) is 0. The Bertz CT molecular complexity index is 872. The molecule has 0 saturated heterocycles. The smallest absolute Gasteiger partial charge is 0.307 e. The van der Waals surface area contributed by atoms with Gasteiger partial charge in [0.15, 0.2) is 0 Å². The van der Waals surface area contributed by atoms with Crippen LogP contribution in [0.25, 0.3) is 10.9 Å². The van der Waals surface area contributed by atoms with Crippen molar-refractivity contribution >= 4 is 22.5 Å². The third-order valence-corrected chi connectivity index (χ3v) is 3.47. The molecule has 0 aliphatic carbocycles. The Morgan fingerprint density at radius 3 is 2.50 bits per heavy atom. The summed E-state index contributed by atoms with van der Waals surface area (Å²) >= 11 is 0. The second-order valence-corrected chi connectivity index (χ2v) is 4.82. The van der Waals surface area contributed by atoms with E-state index in [-0.39, 0.29) is 11.6 Å². The summed E-state index contributed by atoms with van der Waals surface area (Å²) in [4.78, 5) is 32.7. The number of H-pyrrole nitrogens is 1. The van der Waals surface area contributed by atoms with Crippen LogP contribution in [0, 0.1) is 0 Å². The van der Waals surface area contributed by atoms with Gasteiger partial charge >= 0.3 is 5.69 Å². The highest BCUT2D eigenvalue weighted by atomic mass is 16.2. The van der Waals surface area contributed by atoms with E-state index in [2.05, 4.69) is 9.97 Å². The maximum absolute atomic E-state index is 12.9. The van der Waals surface area contributed by atoms with Crippen molar-refractivity contribution in [3.8, 4) is 0 Å². The molecule has 1 aromatic heterocycles. The Balaban J connectivity index is 2.14. The first-order valence-electron chi connectivity index (χ1n) is 7.06.